The molecular weight excluding hydrogens is 609 g/mol. The van der Waals surface area contributed by atoms with E-state index >= 15 is 0 Å². The molecule has 5 aliphatic heterocycles. The molecule has 2 saturated carbocycles. The number of rotatable bonds is 4. The molecular formula is C29H29F3N2O11. The number of alkyl halides is 3. The van der Waals surface area contributed by atoms with Gasteiger partial charge in [-0.1, -0.05) is 45.0 Å². The van der Waals surface area contributed by atoms with Crippen LogP contribution in [0.25, 0.3) is 0 Å². The van der Waals surface area contributed by atoms with Gasteiger partial charge in [0.2, 0.25) is 11.9 Å². The zero-order chi connectivity index (χ0) is 32.5. The van der Waals surface area contributed by atoms with Crippen molar-refractivity contribution in [3.8, 4) is 0 Å². The number of hydrogen-bond donors (Lipinski definition) is 3. The van der Waals surface area contributed by atoms with E-state index in [1.54, 1.807) is 20.8 Å². The molecule has 0 bridgehead atoms. The molecule has 0 unspecified atom stereocenters. The molecule has 45 heavy (non-hydrogen) atoms. The SMILES string of the molecule is C[C@@H]1C(=O)O[C@H]2[C@H](O)[C@@]34[C@@H]5OC(=O)[C@@]3(O[C@@H]3OC(=O)[C@H](OCc6ccc(C7(C(F)(F)F)N=N7)cc6)[C@]34[C@H](C(C)(C)C)[C@H]5O)[C@@]12O. The first kappa shape index (κ1) is 29.2. The van der Waals surface area contributed by atoms with Gasteiger partial charge in [0.05, 0.1) is 29.5 Å². The van der Waals surface area contributed by atoms with Crippen molar-refractivity contribution >= 4 is 17.9 Å². The number of halogens is 3. The van der Waals surface area contributed by atoms with Gasteiger partial charge in [-0.3, -0.25) is 4.79 Å². The highest BCUT2D eigenvalue weighted by atomic mass is 19.4. The molecule has 1 aromatic rings. The Morgan fingerprint density at radius 3 is 2.18 bits per heavy atom. The lowest BCUT2D eigenvalue weighted by atomic mass is 9.51. The fraction of sp³-hybridized carbons (Fsp3) is 0.690. The molecule has 0 amide bonds. The van der Waals surface area contributed by atoms with Crippen molar-refractivity contribution in [1.82, 2.24) is 0 Å². The minimum absolute atomic E-state index is 0.209. The summed E-state index contributed by atoms with van der Waals surface area (Å²) < 4.78 is 69.8. The largest absolute Gasteiger partial charge is 0.456 e. The van der Waals surface area contributed by atoms with E-state index in [0.717, 1.165) is 0 Å². The van der Waals surface area contributed by atoms with Crippen molar-refractivity contribution in [2.75, 3.05) is 0 Å². The van der Waals surface area contributed by atoms with E-state index in [-0.39, 0.29) is 12.2 Å². The summed E-state index contributed by atoms with van der Waals surface area (Å²) in [5.41, 5.74) is -12.3. The van der Waals surface area contributed by atoms with Crippen LogP contribution in [0.4, 0.5) is 13.2 Å². The maximum Gasteiger partial charge on any atom is 0.442 e. The number of ether oxygens (including phenoxy) is 5. The average molecular weight is 639 g/mol. The second kappa shape index (κ2) is 8.02. The zero-order valence-electron chi connectivity index (χ0n) is 24.3. The third kappa shape index (κ3) is 2.74. The summed E-state index contributed by atoms with van der Waals surface area (Å²) in [6, 6.07) is 5.08. The Morgan fingerprint density at radius 1 is 0.956 bits per heavy atom. The molecule has 16 heteroatoms. The molecule has 12 atom stereocenters. The van der Waals surface area contributed by atoms with E-state index in [1.807, 2.05) is 0 Å². The van der Waals surface area contributed by atoms with E-state index < -0.39 is 106 Å². The highest BCUT2D eigenvalue weighted by Crippen LogP contribution is 2.84. The molecule has 6 fully saturated rings. The van der Waals surface area contributed by atoms with Crippen molar-refractivity contribution in [2.45, 2.75) is 94.2 Å². The summed E-state index contributed by atoms with van der Waals surface area (Å²) >= 11 is 0. The van der Waals surface area contributed by atoms with E-state index in [0.29, 0.717) is 5.56 Å². The Kier molecular flexibility index (Phi) is 5.21. The van der Waals surface area contributed by atoms with Gasteiger partial charge >= 0.3 is 29.7 Å². The van der Waals surface area contributed by atoms with Crippen LogP contribution in [-0.2, 0) is 50.3 Å². The lowest BCUT2D eigenvalue weighted by molar-refractivity contribution is -0.240. The molecule has 2 aliphatic carbocycles. The van der Waals surface area contributed by atoms with E-state index in [1.165, 1.54) is 31.2 Å². The Balaban J connectivity index is 1.25. The molecule has 3 N–H and O–H groups in total. The smallest absolute Gasteiger partial charge is 0.442 e. The Hall–Kier alpha value is -3.18. The summed E-state index contributed by atoms with van der Waals surface area (Å²) in [6.45, 7) is 6.24. The molecule has 5 heterocycles. The van der Waals surface area contributed by atoms with Crippen LogP contribution in [0.2, 0.25) is 0 Å². The molecule has 242 valence electrons. The van der Waals surface area contributed by atoms with Crippen LogP contribution in [0.15, 0.2) is 34.5 Å². The Morgan fingerprint density at radius 2 is 1.60 bits per heavy atom. The topological polar surface area (TPSA) is 183 Å². The lowest BCUT2D eigenvalue weighted by Crippen LogP contribution is -2.67. The summed E-state index contributed by atoms with van der Waals surface area (Å²) in [7, 11) is 0. The molecule has 4 saturated heterocycles. The second-order valence-electron chi connectivity index (χ2n) is 14.1. The third-order valence-corrected chi connectivity index (χ3v) is 11.4. The number of carbonyl (C=O) groups excluding carboxylic acids is 3. The maximum atomic E-state index is 13.9. The van der Waals surface area contributed by atoms with Crippen LogP contribution in [0.3, 0.4) is 0 Å². The van der Waals surface area contributed by atoms with E-state index in [4.69, 9.17) is 23.7 Å². The molecule has 2 spiro atoms. The van der Waals surface area contributed by atoms with Crippen LogP contribution >= 0.6 is 0 Å². The van der Waals surface area contributed by atoms with Gasteiger partial charge in [0.25, 0.3) is 0 Å². The lowest BCUT2D eigenvalue weighted by Gasteiger charge is -2.48. The monoisotopic (exact) mass is 638 g/mol. The van der Waals surface area contributed by atoms with Gasteiger partial charge < -0.3 is 39.0 Å². The third-order valence-electron chi connectivity index (χ3n) is 11.4. The number of nitrogens with zero attached hydrogens (tertiary/aromatic N) is 2. The van der Waals surface area contributed by atoms with Crippen LogP contribution in [-0.4, -0.2) is 87.4 Å². The number of fused-ring (bicyclic) bond motifs is 1. The van der Waals surface area contributed by atoms with Crippen molar-refractivity contribution in [3.05, 3.63) is 35.4 Å². The number of hydrogen-bond acceptors (Lipinski definition) is 13. The van der Waals surface area contributed by atoms with Crippen LogP contribution in [0.5, 0.6) is 0 Å². The standard InChI is InChI=1S/C29H29F3N2O11/c1-10-19(37)42-17-15(36)25-16-13(35)14(23(2,3)4)24(25)18(20(38)44-22(24)45-27(25,21(39)43-16)26(10,17)40)41-9-11-5-7-12(8-6-11)28(33-34-28)29(30,31)32/h5-8,10,13-18,22,35-36,40H,9H2,1-4H3/t10-,13-,14+,15+,16-,17+,18+,22+,24-,25+,26-,27+/m1/s1. The van der Waals surface area contributed by atoms with Gasteiger partial charge in [0.15, 0.2) is 17.8 Å². The highest BCUT2D eigenvalue weighted by molar-refractivity contribution is 5.94. The van der Waals surface area contributed by atoms with Crippen molar-refractivity contribution in [1.29, 1.82) is 0 Å². The fourth-order valence-corrected chi connectivity index (χ4v) is 9.90. The van der Waals surface area contributed by atoms with Crippen molar-refractivity contribution in [2.24, 2.45) is 38.3 Å². The first-order chi connectivity index (χ1) is 20.9. The summed E-state index contributed by atoms with van der Waals surface area (Å²) in [5, 5.41) is 42.7. The number of aliphatic hydroxyl groups is 3. The molecule has 8 rings (SSSR count). The summed E-state index contributed by atoms with van der Waals surface area (Å²) in [6.07, 6.45) is -14.6. The predicted molar refractivity (Wildman–Crippen MR) is 135 cm³/mol. The molecule has 0 aromatic heterocycles. The quantitative estimate of drug-likeness (QED) is 0.316. The Bertz CT molecular complexity index is 1590. The zero-order valence-corrected chi connectivity index (χ0v) is 24.3. The summed E-state index contributed by atoms with van der Waals surface area (Å²) in [5.74, 6) is -5.41. The van der Waals surface area contributed by atoms with Gasteiger partial charge in [-0.25, -0.2) is 9.59 Å². The van der Waals surface area contributed by atoms with Crippen LogP contribution in [0.1, 0.15) is 38.8 Å². The second-order valence-corrected chi connectivity index (χ2v) is 14.1. The fourth-order valence-electron chi connectivity index (χ4n) is 9.90. The first-order valence-corrected chi connectivity index (χ1v) is 14.5. The maximum absolute atomic E-state index is 13.9. The number of aliphatic hydroxyl groups excluding tert-OH is 2. The van der Waals surface area contributed by atoms with Crippen molar-refractivity contribution in [3.63, 3.8) is 0 Å². The van der Waals surface area contributed by atoms with Gasteiger partial charge in [0.1, 0.15) is 12.2 Å². The van der Waals surface area contributed by atoms with E-state index in [2.05, 4.69) is 10.2 Å². The van der Waals surface area contributed by atoms with E-state index in [9.17, 15) is 42.9 Å². The summed E-state index contributed by atoms with van der Waals surface area (Å²) in [4.78, 5) is 40.3. The highest BCUT2D eigenvalue weighted by Gasteiger charge is 3.05. The first-order valence-electron chi connectivity index (χ1n) is 14.5. The molecule has 13 nitrogen and oxygen atoms in total. The normalized spacial score (nSPS) is 48.1. The van der Waals surface area contributed by atoms with Gasteiger partial charge in [-0.05, 0) is 17.9 Å². The minimum atomic E-state index is -4.72. The number of benzene rings is 1. The van der Waals surface area contributed by atoms with Crippen molar-refractivity contribution < 1.29 is 66.6 Å². The molecule has 1 aromatic carbocycles. The van der Waals surface area contributed by atoms with Gasteiger partial charge in [-0.15, -0.1) is 10.2 Å². The molecule has 0 radical (unpaired) electrons. The minimum Gasteiger partial charge on any atom is -0.456 e. The van der Waals surface area contributed by atoms with Gasteiger partial charge in [0, 0.05) is 11.5 Å². The van der Waals surface area contributed by atoms with Gasteiger partial charge in [-0.2, -0.15) is 13.2 Å². The molecule has 7 aliphatic rings. The Labute approximate surface area is 252 Å². The average Bonchev–Trinajstić information content (AvgIpc) is 3.40. The number of esters is 3. The number of carbonyl (C=O) groups is 3. The predicted octanol–water partition coefficient (Wildman–Crippen LogP) is 1.01. The van der Waals surface area contributed by atoms with Crippen LogP contribution < -0.4 is 0 Å². The van der Waals surface area contributed by atoms with Crippen LogP contribution in [0, 0.1) is 28.1 Å².